The number of nitrogens with zero attached hydrogens (tertiary/aromatic N) is 2. The molecule has 0 fully saturated rings. The molecule has 2 aromatic rings. The van der Waals surface area contributed by atoms with Gasteiger partial charge >= 0.3 is 0 Å². The summed E-state index contributed by atoms with van der Waals surface area (Å²) in [7, 11) is 0. The molecule has 1 aromatic carbocycles. The van der Waals surface area contributed by atoms with Crippen LogP contribution in [0.5, 0.6) is 0 Å². The lowest BCUT2D eigenvalue weighted by atomic mass is 10.0. The summed E-state index contributed by atoms with van der Waals surface area (Å²) in [5.74, 6) is 0.857. The Kier molecular flexibility index (Phi) is 4.91. The van der Waals surface area contributed by atoms with Gasteiger partial charge in [-0.2, -0.15) is 10.1 Å². The summed E-state index contributed by atoms with van der Waals surface area (Å²) in [5, 5.41) is 15.1. The first kappa shape index (κ1) is 16.2. The summed E-state index contributed by atoms with van der Waals surface area (Å²) in [6, 6.07) is 12.8. The Bertz CT molecular complexity index is 775. The van der Waals surface area contributed by atoms with Gasteiger partial charge in [0, 0.05) is 0 Å². The van der Waals surface area contributed by atoms with Crippen LogP contribution in [0.15, 0.2) is 57.6 Å². The molecular formula is C19H20N2O3. The smallest absolute Gasteiger partial charge is 0.280 e. The van der Waals surface area contributed by atoms with E-state index in [9.17, 15) is 4.79 Å². The molecule has 0 saturated heterocycles. The highest BCUT2D eigenvalue weighted by Gasteiger charge is 2.30. The van der Waals surface area contributed by atoms with Crippen LogP contribution in [0.25, 0.3) is 6.08 Å². The summed E-state index contributed by atoms with van der Waals surface area (Å²) in [6.07, 6.45) is 4.44. The van der Waals surface area contributed by atoms with Gasteiger partial charge < -0.3 is 9.52 Å². The second kappa shape index (κ2) is 7.27. The zero-order valence-corrected chi connectivity index (χ0v) is 13.6. The minimum Gasteiger partial charge on any atom is -0.459 e. The number of unbranched alkanes of at least 4 members (excludes halogenated alkanes) is 1. The van der Waals surface area contributed by atoms with E-state index >= 15 is 0 Å². The molecule has 24 heavy (non-hydrogen) atoms. The Morgan fingerprint density at radius 1 is 1.21 bits per heavy atom. The highest BCUT2D eigenvalue weighted by atomic mass is 16.4. The fourth-order valence-corrected chi connectivity index (χ4v) is 2.57. The summed E-state index contributed by atoms with van der Waals surface area (Å²) in [5.41, 5.74) is 2.06. The molecule has 1 aliphatic heterocycles. The molecule has 0 atom stereocenters. The lowest BCUT2D eigenvalue weighted by Crippen LogP contribution is -2.21. The number of hydrogen-bond donors (Lipinski definition) is 1. The van der Waals surface area contributed by atoms with E-state index in [0.29, 0.717) is 17.1 Å². The summed E-state index contributed by atoms with van der Waals surface area (Å²) in [6.45, 7) is 1.94. The molecule has 2 heterocycles. The molecule has 1 amide bonds. The third kappa shape index (κ3) is 3.31. The van der Waals surface area contributed by atoms with Crippen molar-refractivity contribution < 1.29 is 14.3 Å². The number of furan rings is 1. The molecule has 3 rings (SSSR count). The predicted molar refractivity (Wildman–Crippen MR) is 93.5 cm³/mol. The van der Waals surface area contributed by atoms with Crippen molar-refractivity contribution in [3.63, 3.8) is 0 Å². The minimum atomic E-state index is -0.163. The lowest BCUT2D eigenvalue weighted by molar-refractivity contribution is -0.114. The van der Waals surface area contributed by atoms with Crippen LogP contribution in [-0.2, 0) is 11.4 Å². The van der Waals surface area contributed by atoms with Crippen LogP contribution in [0.4, 0.5) is 5.69 Å². The van der Waals surface area contributed by atoms with Crippen LogP contribution in [-0.4, -0.2) is 16.7 Å². The maximum Gasteiger partial charge on any atom is 0.280 e. The van der Waals surface area contributed by atoms with E-state index in [4.69, 9.17) is 9.52 Å². The van der Waals surface area contributed by atoms with Gasteiger partial charge in [0.15, 0.2) is 0 Å². The molecule has 1 aromatic heterocycles. The number of hydrazone groups is 1. The van der Waals surface area contributed by atoms with Gasteiger partial charge in [0.05, 0.1) is 17.0 Å². The number of anilines is 1. The molecule has 1 N–H and O–H groups in total. The van der Waals surface area contributed by atoms with E-state index in [1.165, 1.54) is 5.01 Å². The van der Waals surface area contributed by atoms with E-state index in [-0.39, 0.29) is 12.5 Å². The number of aliphatic hydroxyl groups excluding tert-OH is 1. The first-order valence-corrected chi connectivity index (χ1v) is 8.11. The van der Waals surface area contributed by atoms with E-state index in [2.05, 4.69) is 12.0 Å². The normalized spacial score (nSPS) is 16.1. The number of para-hydroxylation sites is 1. The van der Waals surface area contributed by atoms with E-state index in [1.54, 1.807) is 18.2 Å². The molecule has 0 unspecified atom stereocenters. The van der Waals surface area contributed by atoms with Crippen LogP contribution in [0, 0.1) is 0 Å². The van der Waals surface area contributed by atoms with E-state index in [1.807, 2.05) is 30.3 Å². The van der Waals surface area contributed by atoms with Crippen LogP contribution in [0.1, 0.15) is 37.7 Å². The van der Waals surface area contributed by atoms with Gasteiger partial charge in [-0.1, -0.05) is 31.5 Å². The number of carbonyl (C=O) groups excluding carboxylic acids is 1. The van der Waals surface area contributed by atoms with Crippen molar-refractivity contribution >= 4 is 23.4 Å². The topological polar surface area (TPSA) is 66.0 Å². The highest BCUT2D eigenvalue weighted by Crippen LogP contribution is 2.27. The Hall–Kier alpha value is -2.66. The maximum atomic E-state index is 12.8. The molecule has 1 aliphatic rings. The van der Waals surface area contributed by atoms with Crippen LogP contribution in [0.3, 0.4) is 0 Å². The lowest BCUT2D eigenvalue weighted by Gasteiger charge is -2.10. The van der Waals surface area contributed by atoms with Crippen LogP contribution in [0.2, 0.25) is 0 Å². The number of benzene rings is 1. The number of hydrogen-bond acceptors (Lipinski definition) is 4. The third-order valence-electron chi connectivity index (χ3n) is 3.85. The first-order valence-electron chi connectivity index (χ1n) is 8.11. The van der Waals surface area contributed by atoms with Crippen molar-refractivity contribution in [2.24, 2.45) is 5.10 Å². The number of carbonyl (C=O) groups is 1. The molecule has 0 bridgehead atoms. The fourth-order valence-electron chi connectivity index (χ4n) is 2.57. The average Bonchev–Trinajstić information content (AvgIpc) is 3.20. The van der Waals surface area contributed by atoms with Crippen molar-refractivity contribution in [3.8, 4) is 0 Å². The molecule has 0 saturated carbocycles. The molecular weight excluding hydrogens is 304 g/mol. The molecule has 0 aliphatic carbocycles. The van der Waals surface area contributed by atoms with Crippen molar-refractivity contribution in [2.75, 3.05) is 5.01 Å². The zero-order chi connectivity index (χ0) is 16.9. The molecule has 5 nitrogen and oxygen atoms in total. The fraction of sp³-hybridized carbons (Fsp3) is 0.263. The van der Waals surface area contributed by atoms with Gasteiger partial charge in [0.1, 0.15) is 18.1 Å². The predicted octanol–water partition coefficient (Wildman–Crippen LogP) is 3.75. The monoisotopic (exact) mass is 324 g/mol. The third-order valence-corrected chi connectivity index (χ3v) is 3.85. The summed E-state index contributed by atoms with van der Waals surface area (Å²) >= 11 is 0. The van der Waals surface area contributed by atoms with Gasteiger partial charge in [-0.25, -0.2) is 0 Å². The van der Waals surface area contributed by atoms with Crippen LogP contribution < -0.4 is 5.01 Å². The Balaban J connectivity index is 1.94. The van der Waals surface area contributed by atoms with E-state index in [0.717, 1.165) is 30.7 Å². The van der Waals surface area contributed by atoms with Crippen molar-refractivity contribution in [1.82, 2.24) is 0 Å². The van der Waals surface area contributed by atoms with Crippen molar-refractivity contribution in [1.29, 1.82) is 0 Å². The van der Waals surface area contributed by atoms with E-state index < -0.39 is 0 Å². The second-order valence-corrected chi connectivity index (χ2v) is 5.62. The van der Waals surface area contributed by atoms with Gasteiger partial charge in [-0.05, 0) is 43.2 Å². The van der Waals surface area contributed by atoms with Crippen LogP contribution >= 0.6 is 0 Å². The van der Waals surface area contributed by atoms with Gasteiger partial charge in [-0.3, -0.25) is 4.79 Å². The van der Waals surface area contributed by atoms with Gasteiger partial charge in [0.2, 0.25) is 0 Å². The van der Waals surface area contributed by atoms with Gasteiger partial charge in [-0.15, -0.1) is 0 Å². The van der Waals surface area contributed by atoms with Crippen molar-refractivity contribution in [2.45, 2.75) is 32.8 Å². The molecule has 0 spiro atoms. The largest absolute Gasteiger partial charge is 0.459 e. The summed E-state index contributed by atoms with van der Waals surface area (Å²) < 4.78 is 5.48. The minimum absolute atomic E-state index is 0.158. The standard InChI is InChI=1S/C19H20N2O3/c1-2-3-9-18-17(12-15-10-11-16(13-22)24-15)19(23)21(20-18)14-7-5-4-6-8-14/h4-8,10-12,22H,2-3,9,13H2,1H3/b17-12-. The van der Waals surface area contributed by atoms with Crippen molar-refractivity contribution in [3.05, 3.63) is 59.6 Å². The van der Waals surface area contributed by atoms with Gasteiger partial charge in [0.25, 0.3) is 5.91 Å². The summed E-state index contributed by atoms with van der Waals surface area (Å²) in [4.78, 5) is 12.8. The molecule has 5 heteroatoms. The Labute approximate surface area is 140 Å². The Morgan fingerprint density at radius 2 is 2.00 bits per heavy atom. The maximum absolute atomic E-state index is 12.8. The number of rotatable bonds is 6. The average molecular weight is 324 g/mol. The first-order chi connectivity index (χ1) is 11.7. The highest BCUT2D eigenvalue weighted by molar-refractivity contribution is 6.32. The quantitative estimate of drug-likeness (QED) is 0.823. The number of amides is 1. The second-order valence-electron chi connectivity index (χ2n) is 5.62. The zero-order valence-electron chi connectivity index (χ0n) is 13.6. The molecule has 0 radical (unpaired) electrons. The molecule has 124 valence electrons. The Morgan fingerprint density at radius 3 is 2.67 bits per heavy atom. The SMILES string of the molecule is CCCCC1=NN(c2ccccc2)C(=O)/C1=C\c1ccc(CO)o1. The number of aliphatic hydroxyl groups is 1.